The van der Waals surface area contributed by atoms with Crippen LogP contribution in [-0.4, -0.2) is 41.1 Å². The maximum absolute atomic E-state index is 12.5. The molecule has 3 fully saturated rings. The zero-order valence-corrected chi connectivity index (χ0v) is 11.0. The van der Waals surface area contributed by atoms with E-state index >= 15 is 0 Å². The van der Waals surface area contributed by atoms with E-state index in [1.54, 1.807) is 0 Å². The smallest absolute Gasteiger partial charge is 0.276 e. The van der Waals surface area contributed by atoms with E-state index in [-0.39, 0.29) is 5.91 Å². The predicted molar refractivity (Wildman–Crippen MR) is 68.9 cm³/mol. The zero-order valence-electron chi connectivity index (χ0n) is 11.0. The van der Waals surface area contributed by atoms with Gasteiger partial charge < -0.3 is 14.7 Å². The fourth-order valence-electron chi connectivity index (χ4n) is 3.24. The number of carbonyl (C=O) groups excluding carboxylic acids is 1. The highest BCUT2D eigenvalue weighted by Gasteiger charge is 2.33. The second kappa shape index (κ2) is 4.34. The molecule has 1 aromatic heterocycles. The van der Waals surface area contributed by atoms with Crippen LogP contribution in [0, 0.1) is 0 Å². The van der Waals surface area contributed by atoms with Crippen molar-refractivity contribution in [2.75, 3.05) is 13.1 Å². The number of likely N-dealkylation sites (tertiary alicyclic amines) is 1. The van der Waals surface area contributed by atoms with Gasteiger partial charge in [0, 0.05) is 37.2 Å². The maximum atomic E-state index is 12.5. The summed E-state index contributed by atoms with van der Waals surface area (Å²) in [6, 6.07) is 2.91. The van der Waals surface area contributed by atoms with E-state index < -0.39 is 0 Å². The van der Waals surface area contributed by atoms with E-state index in [2.05, 4.69) is 10.5 Å². The molecule has 102 valence electrons. The fourth-order valence-corrected chi connectivity index (χ4v) is 3.24. The Balaban J connectivity index is 1.49. The van der Waals surface area contributed by atoms with Crippen LogP contribution in [0.3, 0.4) is 0 Å². The van der Waals surface area contributed by atoms with E-state index in [1.807, 2.05) is 11.0 Å². The Morgan fingerprint density at radius 3 is 2.95 bits per heavy atom. The van der Waals surface area contributed by atoms with Gasteiger partial charge in [0.15, 0.2) is 5.69 Å². The lowest BCUT2D eigenvalue weighted by atomic mass is 10.1. The molecule has 2 bridgehead atoms. The highest BCUT2D eigenvalue weighted by atomic mass is 16.5. The average Bonchev–Trinajstić information content (AvgIpc) is 3.02. The van der Waals surface area contributed by atoms with E-state index in [0.717, 1.165) is 25.3 Å². The first kappa shape index (κ1) is 11.5. The zero-order chi connectivity index (χ0) is 12.8. The van der Waals surface area contributed by atoms with Crippen LogP contribution in [-0.2, 0) is 0 Å². The first-order valence-electron chi connectivity index (χ1n) is 7.31. The number of carbonyl (C=O) groups is 1. The van der Waals surface area contributed by atoms with Gasteiger partial charge in [0.25, 0.3) is 5.91 Å². The Morgan fingerprint density at radius 1 is 1.26 bits per heavy atom. The largest absolute Gasteiger partial charge is 0.360 e. The molecule has 1 N–H and O–H groups in total. The summed E-state index contributed by atoms with van der Waals surface area (Å²) in [6.45, 7) is 1.64. The number of fused-ring (bicyclic) bond motifs is 2. The minimum atomic E-state index is 0.0324. The van der Waals surface area contributed by atoms with Crippen LogP contribution in [0.25, 0.3) is 0 Å². The average molecular weight is 261 g/mol. The van der Waals surface area contributed by atoms with Crippen LogP contribution in [0.5, 0.6) is 0 Å². The summed E-state index contributed by atoms with van der Waals surface area (Å²) in [6.07, 6.45) is 5.82. The molecule has 1 saturated carbocycles. The number of hydrogen-bond donors (Lipinski definition) is 1. The van der Waals surface area contributed by atoms with Gasteiger partial charge in [-0.25, -0.2) is 0 Å². The second-order valence-corrected chi connectivity index (χ2v) is 6.07. The Kier molecular flexibility index (Phi) is 2.62. The van der Waals surface area contributed by atoms with Crippen molar-refractivity contribution in [3.05, 3.63) is 17.5 Å². The van der Waals surface area contributed by atoms with Crippen molar-refractivity contribution < 1.29 is 9.32 Å². The molecule has 4 rings (SSSR count). The summed E-state index contributed by atoms with van der Waals surface area (Å²) in [4.78, 5) is 14.4. The van der Waals surface area contributed by atoms with Gasteiger partial charge in [-0.1, -0.05) is 5.16 Å². The summed E-state index contributed by atoms with van der Waals surface area (Å²) < 4.78 is 5.28. The molecular formula is C14H19N3O2. The van der Waals surface area contributed by atoms with E-state index in [9.17, 15) is 4.79 Å². The van der Waals surface area contributed by atoms with E-state index in [4.69, 9.17) is 4.52 Å². The molecule has 0 spiro atoms. The van der Waals surface area contributed by atoms with Gasteiger partial charge >= 0.3 is 0 Å². The summed E-state index contributed by atoms with van der Waals surface area (Å²) in [7, 11) is 0. The summed E-state index contributed by atoms with van der Waals surface area (Å²) in [5.74, 6) is 1.43. The van der Waals surface area contributed by atoms with E-state index in [0.29, 0.717) is 23.7 Å². The van der Waals surface area contributed by atoms with E-state index in [1.165, 1.54) is 25.7 Å². The topological polar surface area (TPSA) is 58.4 Å². The lowest BCUT2D eigenvalue weighted by Crippen LogP contribution is -2.39. The third-order valence-corrected chi connectivity index (χ3v) is 4.54. The monoisotopic (exact) mass is 261 g/mol. The predicted octanol–water partition coefficient (Wildman–Crippen LogP) is 1.52. The van der Waals surface area contributed by atoms with Gasteiger partial charge in [-0.3, -0.25) is 4.79 Å². The van der Waals surface area contributed by atoms with Crippen molar-refractivity contribution in [1.82, 2.24) is 15.4 Å². The molecule has 0 unspecified atom stereocenters. The molecule has 2 saturated heterocycles. The molecule has 0 radical (unpaired) electrons. The third-order valence-electron chi connectivity index (χ3n) is 4.54. The Labute approximate surface area is 112 Å². The van der Waals surface area contributed by atoms with Gasteiger partial charge in [0.2, 0.25) is 0 Å². The number of hydrogen-bond acceptors (Lipinski definition) is 4. The normalized spacial score (nSPS) is 30.4. The summed E-state index contributed by atoms with van der Waals surface area (Å²) in [5, 5.41) is 7.54. The van der Waals surface area contributed by atoms with Crippen molar-refractivity contribution in [3.63, 3.8) is 0 Å². The van der Waals surface area contributed by atoms with Crippen molar-refractivity contribution in [1.29, 1.82) is 0 Å². The first-order chi connectivity index (χ1) is 9.29. The molecule has 3 aliphatic rings. The highest BCUT2D eigenvalue weighted by molar-refractivity contribution is 5.92. The Morgan fingerprint density at radius 2 is 2.11 bits per heavy atom. The molecule has 1 amide bonds. The third kappa shape index (κ3) is 2.16. The van der Waals surface area contributed by atoms with Crippen molar-refractivity contribution >= 4 is 5.91 Å². The van der Waals surface area contributed by atoms with Crippen LogP contribution in [0.2, 0.25) is 0 Å². The van der Waals surface area contributed by atoms with Crippen LogP contribution >= 0.6 is 0 Å². The van der Waals surface area contributed by atoms with Crippen molar-refractivity contribution in [2.45, 2.75) is 50.1 Å². The van der Waals surface area contributed by atoms with Crippen LogP contribution in [0.4, 0.5) is 0 Å². The Hall–Kier alpha value is -1.36. The number of nitrogens with zero attached hydrogens (tertiary/aromatic N) is 2. The maximum Gasteiger partial charge on any atom is 0.276 e. The first-order valence-corrected chi connectivity index (χ1v) is 7.31. The van der Waals surface area contributed by atoms with Crippen molar-refractivity contribution in [3.8, 4) is 0 Å². The van der Waals surface area contributed by atoms with Gasteiger partial charge in [-0.05, 0) is 32.1 Å². The summed E-state index contributed by atoms with van der Waals surface area (Å²) >= 11 is 0. The molecule has 0 aromatic carbocycles. The van der Waals surface area contributed by atoms with Gasteiger partial charge in [-0.15, -0.1) is 0 Å². The Bertz CT molecular complexity index is 495. The SMILES string of the molecule is O=C(c1cc(C2CC2)on1)N1CC[C@H]2CC[C@@H](C1)N2. The number of amides is 1. The van der Waals surface area contributed by atoms with Crippen LogP contribution < -0.4 is 5.32 Å². The highest BCUT2D eigenvalue weighted by Crippen LogP contribution is 2.40. The van der Waals surface area contributed by atoms with Crippen LogP contribution in [0.1, 0.15) is 54.3 Å². The molecule has 1 aliphatic carbocycles. The number of aromatic nitrogens is 1. The molecule has 5 nitrogen and oxygen atoms in total. The summed E-state index contributed by atoms with van der Waals surface area (Å²) in [5.41, 5.74) is 0.486. The fraction of sp³-hybridized carbons (Fsp3) is 0.714. The molecule has 5 heteroatoms. The van der Waals surface area contributed by atoms with Gasteiger partial charge in [0.05, 0.1) is 0 Å². The number of nitrogens with one attached hydrogen (secondary N) is 1. The second-order valence-electron chi connectivity index (χ2n) is 6.07. The molecule has 2 atom stereocenters. The number of rotatable bonds is 2. The standard InChI is InChI=1S/C14H19N3O2/c18-14(12-7-13(19-16-12)9-1-2-9)17-6-5-10-3-4-11(8-17)15-10/h7,9-11,15H,1-6,8H2/t10-,11+/m1/s1. The minimum absolute atomic E-state index is 0.0324. The lowest BCUT2D eigenvalue weighted by Gasteiger charge is -2.23. The molecule has 3 heterocycles. The van der Waals surface area contributed by atoms with Gasteiger partial charge in [-0.2, -0.15) is 0 Å². The molecule has 1 aromatic rings. The van der Waals surface area contributed by atoms with Crippen molar-refractivity contribution in [2.24, 2.45) is 0 Å². The minimum Gasteiger partial charge on any atom is -0.360 e. The quantitative estimate of drug-likeness (QED) is 0.877. The van der Waals surface area contributed by atoms with Crippen LogP contribution in [0.15, 0.2) is 10.6 Å². The molecular weight excluding hydrogens is 242 g/mol. The molecule has 19 heavy (non-hydrogen) atoms. The molecule has 2 aliphatic heterocycles. The van der Waals surface area contributed by atoms with Gasteiger partial charge in [0.1, 0.15) is 5.76 Å². The lowest BCUT2D eigenvalue weighted by molar-refractivity contribution is 0.0737.